The molecule has 10 heavy (non-hydrogen) atoms. The standard InChI is InChI=1S/C8H15O2/c1-2-4-8-7-9-5-3-6-10-8/h8H,1-7H2. The van der Waals surface area contributed by atoms with Crippen LogP contribution in [0, 0.1) is 6.92 Å². The van der Waals surface area contributed by atoms with Crippen molar-refractivity contribution in [1.29, 1.82) is 0 Å². The topological polar surface area (TPSA) is 18.5 Å². The zero-order valence-electron chi connectivity index (χ0n) is 6.34. The second kappa shape index (κ2) is 4.69. The molecule has 0 spiro atoms. The quantitative estimate of drug-likeness (QED) is 0.582. The summed E-state index contributed by atoms with van der Waals surface area (Å²) in [5.41, 5.74) is 0. The van der Waals surface area contributed by atoms with E-state index in [4.69, 9.17) is 9.47 Å². The minimum Gasteiger partial charge on any atom is -0.379 e. The van der Waals surface area contributed by atoms with Crippen molar-refractivity contribution in [3.8, 4) is 0 Å². The first-order chi connectivity index (χ1) is 4.93. The van der Waals surface area contributed by atoms with Crippen LogP contribution in [0.2, 0.25) is 0 Å². The lowest BCUT2D eigenvalue weighted by Gasteiger charge is -2.11. The summed E-state index contributed by atoms with van der Waals surface area (Å²) in [7, 11) is 0. The van der Waals surface area contributed by atoms with Crippen molar-refractivity contribution < 1.29 is 9.47 Å². The lowest BCUT2D eigenvalue weighted by atomic mass is 10.2. The lowest BCUT2D eigenvalue weighted by Crippen LogP contribution is -2.16. The normalized spacial score (nSPS) is 27.9. The van der Waals surface area contributed by atoms with Crippen molar-refractivity contribution in [3.05, 3.63) is 6.92 Å². The number of rotatable bonds is 2. The smallest absolute Gasteiger partial charge is 0.0808 e. The van der Waals surface area contributed by atoms with Gasteiger partial charge in [0.2, 0.25) is 0 Å². The molecule has 0 saturated carbocycles. The molecule has 59 valence electrons. The van der Waals surface area contributed by atoms with Crippen LogP contribution in [0.15, 0.2) is 0 Å². The van der Waals surface area contributed by atoms with E-state index in [1.54, 1.807) is 0 Å². The third-order valence-corrected chi connectivity index (χ3v) is 1.62. The predicted octanol–water partition coefficient (Wildman–Crippen LogP) is 1.41. The van der Waals surface area contributed by atoms with Gasteiger partial charge in [0.1, 0.15) is 0 Å². The molecule has 2 heteroatoms. The fourth-order valence-corrected chi connectivity index (χ4v) is 1.07. The maximum atomic E-state index is 5.48. The summed E-state index contributed by atoms with van der Waals surface area (Å²) in [4.78, 5) is 0. The van der Waals surface area contributed by atoms with E-state index in [1.165, 1.54) is 0 Å². The van der Waals surface area contributed by atoms with Gasteiger partial charge in [-0.25, -0.2) is 0 Å². The van der Waals surface area contributed by atoms with Crippen LogP contribution >= 0.6 is 0 Å². The Morgan fingerprint density at radius 3 is 3.10 bits per heavy atom. The number of hydrogen-bond acceptors (Lipinski definition) is 2. The largest absolute Gasteiger partial charge is 0.379 e. The molecule has 1 unspecified atom stereocenters. The van der Waals surface area contributed by atoms with Crippen molar-refractivity contribution >= 4 is 0 Å². The highest BCUT2D eigenvalue weighted by Crippen LogP contribution is 2.06. The Bertz CT molecular complexity index is 75.3. The molecule has 0 amide bonds. The van der Waals surface area contributed by atoms with Crippen LogP contribution < -0.4 is 0 Å². The highest BCUT2D eigenvalue weighted by molar-refractivity contribution is 4.60. The van der Waals surface area contributed by atoms with Gasteiger partial charge >= 0.3 is 0 Å². The summed E-state index contributed by atoms with van der Waals surface area (Å²) in [6.45, 7) is 6.24. The lowest BCUT2D eigenvalue weighted by molar-refractivity contribution is 0.0218. The van der Waals surface area contributed by atoms with Gasteiger partial charge in [-0.3, -0.25) is 0 Å². The van der Waals surface area contributed by atoms with Crippen LogP contribution in [0.1, 0.15) is 19.3 Å². The average molecular weight is 143 g/mol. The van der Waals surface area contributed by atoms with E-state index in [9.17, 15) is 0 Å². The van der Waals surface area contributed by atoms with Gasteiger partial charge in [-0.1, -0.05) is 13.3 Å². The molecule has 1 fully saturated rings. The van der Waals surface area contributed by atoms with Crippen LogP contribution in [0.4, 0.5) is 0 Å². The van der Waals surface area contributed by atoms with Crippen LogP contribution in [-0.2, 0) is 9.47 Å². The molecule has 0 aromatic heterocycles. The Kier molecular flexibility index (Phi) is 3.76. The van der Waals surface area contributed by atoms with Gasteiger partial charge in [0, 0.05) is 13.2 Å². The zero-order chi connectivity index (χ0) is 7.23. The summed E-state index contributed by atoms with van der Waals surface area (Å²) in [5, 5.41) is 0. The Labute approximate surface area is 62.5 Å². The Morgan fingerprint density at radius 1 is 1.40 bits per heavy atom. The molecule has 0 aliphatic carbocycles. The average Bonchev–Trinajstić information content (AvgIpc) is 2.17. The first-order valence-corrected chi connectivity index (χ1v) is 3.92. The van der Waals surface area contributed by atoms with E-state index in [0.717, 1.165) is 39.1 Å². The van der Waals surface area contributed by atoms with E-state index >= 15 is 0 Å². The molecular weight excluding hydrogens is 128 g/mol. The summed E-state index contributed by atoms with van der Waals surface area (Å²) in [5.74, 6) is 0. The first-order valence-electron chi connectivity index (χ1n) is 3.92. The predicted molar refractivity (Wildman–Crippen MR) is 39.8 cm³/mol. The van der Waals surface area contributed by atoms with Gasteiger partial charge in [-0.15, -0.1) is 0 Å². The molecule has 0 bridgehead atoms. The highest BCUT2D eigenvalue weighted by Gasteiger charge is 2.10. The van der Waals surface area contributed by atoms with Gasteiger partial charge in [0.05, 0.1) is 12.7 Å². The van der Waals surface area contributed by atoms with E-state index < -0.39 is 0 Å². The number of hydrogen-bond donors (Lipinski definition) is 0. The summed E-state index contributed by atoms with van der Waals surface area (Å²) >= 11 is 0. The van der Waals surface area contributed by atoms with Crippen molar-refractivity contribution in [2.75, 3.05) is 19.8 Å². The molecule has 2 nitrogen and oxygen atoms in total. The maximum Gasteiger partial charge on any atom is 0.0808 e. The molecule has 1 atom stereocenters. The third-order valence-electron chi connectivity index (χ3n) is 1.62. The first kappa shape index (κ1) is 8.02. The van der Waals surface area contributed by atoms with Crippen molar-refractivity contribution in [2.24, 2.45) is 0 Å². The molecule has 1 aliphatic rings. The molecule has 1 aliphatic heterocycles. The fourth-order valence-electron chi connectivity index (χ4n) is 1.07. The van der Waals surface area contributed by atoms with E-state index in [-0.39, 0.29) is 0 Å². The van der Waals surface area contributed by atoms with Gasteiger partial charge in [-0.2, -0.15) is 0 Å². The fraction of sp³-hybridized carbons (Fsp3) is 0.875. The minimum atomic E-state index is 0.306. The molecule has 1 saturated heterocycles. The molecule has 0 aromatic carbocycles. The second-order valence-electron chi connectivity index (χ2n) is 2.56. The summed E-state index contributed by atoms with van der Waals surface area (Å²) < 4.78 is 10.8. The van der Waals surface area contributed by atoms with E-state index in [0.29, 0.717) is 6.10 Å². The monoisotopic (exact) mass is 143 g/mol. The zero-order valence-corrected chi connectivity index (χ0v) is 6.34. The molecular formula is C8H15O2. The highest BCUT2D eigenvalue weighted by atomic mass is 16.5. The Hall–Kier alpha value is -0.0800. The molecule has 1 radical (unpaired) electrons. The molecule has 1 rings (SSSR count). The Balaban J connectivity index is 2.15. The molecule has 0 aromatic rings. The van der Waals surface area contributed by atoms with Crippen LogP contribution in [0.5, 0.6) is 0 Å². The summed E-state index contributed by atoms with van der Waals surface area (Å²) in [6, 6.07) is 0. The van der Waals surface area contributed by atoms with Gasteiger partial charge in [0.15, 0.2) is 0 Å². The summed E-state index contributed by atoms with van der Waals surface area (Å²) in [6.07, 6.45) is 3.31. The molecule has 1 heterocycles. The van der Waals surface area contributed by atoms with Crippen molar-refractivity contribution in [1.82, 2.24) is 0 Å². The van der Waals surface area contributed by atoms with Crippen LogP contribution in [0.25, 0.3) is 0 Å². The van der Waals surface area contributed by atoms with Crippen LogP contribution in [0.3, 0.4) is 0 Å². The molecule has 0 N–H and O–H groups in total. The van der Waals surface area contributed by atoms with E-state index in [1.807, 2.05) is 0 Å². The van der Waals surface area contributed by atoms with Gasteiger partial charge in [0.25, 0.3) is 0 Å². The second-order valence-corrected chi connectivity index (χ2v) is 2.56. The SMILES string of the molecule is [CH2]CCC1COCCCO1. The van der Waals surface area contributed by atoms with Crippen LogP contribution in [-0.4, -0.2) is 25.9 Å². The Morgan fingerprint density at radius 2 is 2.30 bits per heavy atom. The third kappa shape index (κ3) is 2.67. The minimum absolute atomic E-state index is 0.306. The van der Waals surface area contributed by atoms with E-state index in [2.05, 4.69) is 6.92 Å². The van der Waals surface area contributed by atoms with Gasteiger partial charge < -0.3 is 9.47 Å². The van der Waals surface area contributed by atoms with Gasteiger partial charge in [-0.05, 0) is 12.8 Å². The van der Waals surface area contributed by atoms with Crippen molar-refractivity contribution in [2.45, 2.75) is 25.4 Å². The number of ether oxygens (including phenoxy) is 2. The van der Waals surface area contributed by atoms with Crippen molar-refractivity contribution in [3.63, 3.8) is 0 Å². The maximum absolute atomic E-state index is 5.48.